The number of carbonyl (C=O) groups is 1. The van der Waals surface area contributed by atoms with Crippen molar-refractivity contribution in [1.29, 1.82) is 0 Å². The molecule has 0 saturated heterocycles. The molecule has 8 nitrogen and oxygen atoms in total. The fraction of sp³-hybridized carbons (Fsp3) is 0.200. The van der Waals surface area contributed by atoms with E-state index in [9.17, 15) is 13.2 Å². The van der Waals surface area contributed by atoms with E-state index in [1.807, 2.05) is 32.0 Å². The van der Waals surface area contributed by atoms with Gasteiger partial charge in [-0.05, 0) is 57.3 Å². The Kier molecular flexibility index (Phi) is 5.71. The highest BCUT2D eigenvalue weighted by Crippen LogP contribution is 2.26. The SMILES string of the molecule is CNS(=O)(=O)c1cc(C(=O)Nc2ccccc2-n2nc(C)cc2C)ccc1OC. The number of methoxy groups -OCH3 is 1. The van der Waals surface area contributed by atoms with Crippen LogP contribution in [0.1, 0.15) is 21.7 Å². The molecule has 1 amide bonds. The van der Waals surface area contributed by atoms with Crippen molar-refractivity contribution in [3.05, 3.63) is 65.5 Å². The van der Waals surface area contributed by atoms with Gasteiger partial charge in [0.05, 0.1) is 24.2 Å². The monoisotopic (exact) mass is 414 g/mol. The van der Waals surface area contributed by atoms with Crippen LogP contribution in [0.3, 0.4) is 0 Å². The second kappa shape index (κ2) is 8.06. The van der Waals surface area contributed by atoms with Gasteiger partial charge in [0, 0.05) is 11.3 Å². The summed E-state index contributed by atoms with van der Waals surface area (Å²) in [5.41, 5.74) is 3.24. The van der Waals surface area contributed by atoms with Crippen molar-refractivity contribution in [2.75, 3.05) is 19.5 Å². The number of para-hydroxylation sites is 2. The lowest BCUT2D eigenvalue weighted by Gasteiger charge is -2.14. The summed E-state index contributed by atoms with van der Waals surface area (Å²) in [6.45, 7) is 3.82. The number of nitrogens with one attached hydrogen (secondary N) is 2. The molecule has 1 aromatic heterocycles. The van der Waals surface area contributed by atoms with Crippen LogP contribution in [0.2, 0.25) is 0 Å². The van der Waals surface area contributed by atoms with E-state index in [-0.39, 0.29) is 16.2 Å². The highest BCUT2D eigenvalue weighted by Gasteiger charge is 2.21. The molecule has 0 radical (unpaired) electrons. The van der Waals surface area contributed by atoms with Crippen LogP contribution in [-0.2, 0) is 10.0 Å². The van der Waals surface area contributed by atoms with E-state index in [1.165, 1.54) is 32.4 Å². The van der Waals surface area contributed by atoms with Crippen LogP contribution < -0.4 is 14.8 Å². The van der Waals surface area contributed by atoms with Gasteiger partial charge in [0.25, 0.3) is 5.91 Å². The molecule has 0 bridgehead atoms. The number of aryl methyl sites for hydroxylation is 2. The van der Waals surface area contributed by atoms with Crippen molar-refractivity contribution in [2.45, 2.75) is 18.7 Å². The summed E-state index contributed by atoms with van der Waals surface area (Å²) in [5, 5.41) is 7.30. The van der Waals surface area contributed by atoms with Gasteiger partial charge in [0.2, 0.25) is 10.0 Å². The third-order valence-electron chi connectivity index (χ3n) is 4.37. The Morgan fingerprint density at radius 1 is 1.10 bits per heavy atom. The van der Waals surface area contributed by atoms with Gasteiger partial charge >= 0.3 is 0 Å². The van der Waals surface area contributed by atoms with Gasteiger partial charge in [-0.2, -0.15) is 5.10 Å². The smallest absolute Gasteiger partial charge is 0.255 e. The van der Waals surface area contributed by atoms with E-state index >= 15 is 0 Å². The van der Waals surface area contributed by atoms with E-state index in [4.69, 9.17) is 4.74 Å². The van der Waals surface area contributed by atoms with Crippen molar-refractivity contribution < 1.29 is 17.9 Å². The molecule has 0 aliphatic carbocycles. The Labute approximate surface area is 169 Å². The Balaban J connectivity index is 1.98. The molecule has 2 aromatic carbocycles. The molecule has 0 aliphatic rings. The van der Waals surface area contributed by atoms with Crippen LogP contribution in [0.4, 0.5) is 5.69 Å². The van der Waals surface area contributed by atoms with Crippen LogP contribution >= 0.6 is 0 Å². The number of rotatable bonds is 6. The second-order valence-corrected chi connectivity index (χ2v) is 8.24. The Bertz CT molecular complexity index is 1170. The first-order valence-electron chi connectivity index (χ1n) is 8.82. The van der Waals surface area contributed by atoms with E-state index < -0.39 is 15.9 Å². The van der Waals surface area contributed by atoms with Crippen LogP contribution in [0.5, 0.6) is 5.75 Å². The van der Waals surface area contributed by atoms with Crippen LogP contribution in [0, 0.1) is 13.8 Å². The summed E-state index contributed by atoms with van der Waals surface area (Å²) in [6, 6.07) is 13.4. The first-order chi connectivity index (χ1) is 13.8. The van der Waals surface area contributed by atoms with Crippen molar-refractivity contribution in [1.82, 2.24) is 14.5 Å². The number of amides is 1. The molecular formula is C20H22N4O4S. The summed E-state index contributed by atoms with van der Waals surface area (Å²) < 4.78 is 33.6. The molecule has 9 heteroatoms. The molecule has 3 rings (SSSR count). The first-order valence-corrected chi connectivity index (χ1v) is 10.3. The van der Waals surface area contributed by atoms with E-state index in [0.717, 1.165) is 11.4 Å². The largest absolute Gasteiger partial charge is 0.495 e. The van der Waals surface area contributed by atoms with Crippen molar-refractivity contribution in [2.24, 2.45) is 0 Å². The topological polar surface area (TPSA) is 102 Å². The maximum Gasteiger partial charge on any atom is 0.255 e. The number of benzene rings is 2. The number of ether oxygens (including phenoxy) is 1. The summed E-state index contributed by atoms with van der Waals surface area (Å²) in [6.07, 6.45) is 0. The van der Waals surface area contributed by atoms with Gasteiger partial charge < -0.3 is 10.1 Å². The zero-order valence-corrected chi connectivity index (χ0v) is 17.4. The lowest BCUT2D eigenvalue weighted by atomic mass is 10.2. The van der Waals surface area contributed by atoms with E-state index in [1.54, 1.807) is 16.8 Å². The summed E-state index contributed by atoms with van der Waals surface area (Å²) in [4.78, 5) is 12.7. The van der Waals surface area contributed by atoms with Crippen LogP contribution in [-0.4, -0.2) is 38.3 Å². The van der Waals surface area contributed by atoms with Crippen molar-refractivity contribution in [3.63, 3.8) is 0 Å². The quantitative estimate of drug-likeness (QED) is 0.646. The molecule has 152 valence electrons. The Morgan fingerprint density at radius 2 is 1.83 bits per heavy atom. The van der Waals surface area contributed by atoms with Crippen molar-refractivity contribution in [3.8, 4) is 11.4 Å². The molecule has 0 unspecified atom stereocenters. The molecule has 0 spiro atoms. The lowest BCUT2D eigenvalue weighted by molar-refractivity contribution is 0.102. The number of aromatic nitrogens is 2. The number of sulfonamides is 1. The normalized spacial score (nSPS) is 11.3. The average Bonchev–Trinajstić information content (AvgIpc) is 3.05. The van der Waals surface area contributed by atoms with E-state index in [0.29, 0.717) is 11.4 Å². The van der Waals surface area contributed by atoms with Crippen LogP contribution in [0.25, 0.3) is 5.69 Å². The molecule has 0 aliphatic heterocycles. The Morgan fingerprint density at radius 3 is 2.45 bits per heavy atom. The minimum atomic E-state index is -3.79. The number of hydrogen-bond donors (Lipinski definition) is 2. The fourth-order valence-corrected chi connectivity index (χ4v) is 3.89. The number of nitrogens with zero attached hydrogens (tertiary/aromatic N) is 2. The molecule has 29 heavy (non-hydrogen) atoms. The number of hydrogen-bond acceptors (Lipinski definition) is 5. The van der Waals surface area contributed by atoms with Gasteiger partial charge in [-0.3, -0.25) is 4.79 Å². The minimum absolute atomic E-state index is 0.109. The number of carbonyl (C=O) groups excluding carboxylic acids is 1. The molecule has 0 atom stereocenters. The predicted molar refractivity (Wildman–Crippen MR) is 110 cm³/mol. The van der Waals surface area contributed by atoms with Crippen LogP contribution in [0.15, 0.2) is 53.4 Å². The van der Waals surface area contributed by atoms with Gasteiger partial charge in [-0.15, -0.1) is 0 Å². The molecule has 0 saturated carbocycles. The molecule has 2 N–H and O–H groups in total. The zero-order chi connectivity index (χ0) is 21.2. The molecular weight excluding hydrogens is 392 g/mol. The zero-order valence-electron chi connectivity index (χ0n) is 16.6. The Hall–Kier alpha value is -3.17. The number of anilines is 1. The minimum Gasteiger partial charge on any atom is -0.495 e. The highest BCUT2D eigenvalue weighted by molar-refractivity contribution is 7.89. The van der Waals surface area contributed by atoms with Gasteiger partial charge in [-0.25, -0.2) is 17.8 Å². The third-order valence-corrected chi connectivity index (χ3v) is 5.81. The highest BCUT2D eigenvalue weighted by atomic mass is 32.2. The fourth-order valence-electron chi connectivity index (χ4n) is 2.97. The predicted octanol–water partition coefficient (Wildman–Crippen LogP) is 2.66. The van der Waals surface area contributed by atoms with E-state index in [2.05, 4.69) is 15.1 Å². The van der Waals surface area contributed by atoms with Gasteiger partial charge in [-0.1, -0.05) is 12.1 Å². The summed E-state index contributed by atoms with van der Waals surface area (Å²) in [5.74, 6) is -0.298. The molecule has 0 fully saturated rings. The first kappa shape index (κ1) is 20.6. The maximum atomic E-state index is 12.9. The second-order valence-electron chi connectivity index (χ2n) is 6.38. The van der Waals surface area contributed by atoms with Gasteiger partial charge in [0.1, 0.15) is 10.6 Å². The van der Waals surface area contributed by atoms with Gasteiger partial charge in [0.15, 0.2) is 0 Å². The summed E-state index contributed by atoms with van der Waals surface area (Å²) in [7, 11) is -1.13. The maximum absolute atomic E-state index is 12.9. The molecule has 1 heterocycles. The average molecular weight is 414 g/mol. The third kappa shape index (κ3) is 4.15. The standard InChI is InChI=1S/C20H22N4O4S/c1-13-11-14(2)24(23-13)17-8-6-5-7-16(17)22-20(25)15-9-10-18(28-4)19(12-15)29(26,27)21-3/h5-12,21H,1-4H3,(H,22,25). The molecule has 3 aromatic rings. The van der Waals surface area contributed by atoms with Crippen molar-refractivity contribution >= 4 is 21.6 Å². The summed E-state index contributed by atoms with van der Waals surface area (Å²) >= 11 is 0. The lowest BCUT2D eigenvalue weighted by Crippen LogP contribution is -2.21.